The molecule has 0 aliphatic carbocycles. The van der Waals surface area contributed by atoms with Crippen molar-refractivity contribution in [2.45, 2.75) is 11.9 Å². The van der Waals surface area contributed by atoms with Gasteiger partial charge in [0, 0.05) is 34.8 Å². The van der Waals surface area contributed by atoms with E-state index in [4.69, 9.17) is 5.10 Å². The Morgan fingerprint density at radius 1 is 0.648 bits per heavy atom. The summed E-state index contributed by atoms with van der Waals surface area (Å²) in [6.07, 6.45) is 2.55. The molecule has 1 N–H and O–H groups in total. The maximum atomic E-state index is 15.5. The lowest BCUT2D eigenvalue weighted by Crippen LogP contribution is -2.38. The summed E-state index contributed by atoms with van der Waals surface area (Å²) in [5, 5.41) is 7.48. The first kappa shape index (κ1) is 34.1. The molecule has 266 valence electrons. The van der Waals surface area contributed by atoms with Crippen LogP contribution in [0.15, 0.2) is 170 Å². The summed E-state index contributed by atoms with van der Waals surface area (Å²) in [5.41, 5.74) is 5.66. The zero-order valence-corrected chi connectivity index (χ0v) is 28.3. The number of nitrogens with zero attached hydrogens (tertiary/aromatic N) is 4. The van der Waals surface area contributed by atoms with E-state index >= 15 is 4.39 Å². The van der Waals surface area contributed by atoms with Crippen molar-refractivity contribution < 1.29 is 27.1 Å². The SMILES string of the molecule is O=C(Nc1ccc(OC(F)(F)F)cc1)c1ccc(-c2cnc3ccc(-c4cnn(C(c5ccccc5)(c5ccccc5)c5ccccc5)c4)cn23)cc1F. The van der Waals surface area contributed by atoms with Crippen LogP contribution in [0.25, 0.3) is 28.0 Å². The average Bonchev–Trinajstić information content (AvgIpc) is 3.85. The number of anilines is 1. The van der Waals surface area contributed by atoms with Crippen LogP contribution in [0.4, 0.5) is 23.2 Å². The first-order valence-corrected chi connectivity index (χ1v) is 16.9. The summed E-state index contributed by atoms with van der Waals surface area (Å²) in [6.45, 7) is 0. The third-order valence-corrected chi connectivity index (χ3v) is 9.20. The number of rotatable bonds is 9. The number of nitrogens with one attached hydrogen (secondary N) is 1. The summed E-state index contributed by atoms with van der Waals surface area (Å²) < 4.78 is 60.7. The molecule has 0 radical (unpaired) electrons. The highest BCUT2D eigenvalue weighted by atomic mass is 19.4. The number of hydrogen-bond donors (Lipinski definition) is 1. The second-order valence-corrected chi connectivity index (χ2v) is 12.5. The summed E-state index contributed by atoms with van der Waals surface area (Å²) in [5.74, 6) is -1.99. The van der Waals surface area contributed by atoms with Gasteiger partial charge in [-0.05, 0) is 65.2 Å². The predicted molar refractivity (Wildman–Crippen MR) is 197 cm³/mol. The molecule has 3 heterocycles. The third kappa shape index (κ3) is 6.47. The van der Waals surface area contributed by atoms with E-state index in [2.05, 4.69) is 51.4 Å². The minimum Gasteiger partial charge on any atom is -0.406 e. The molecule has 8 aromatic rings. The van der Waals surface area contributed by atoms with Crippen LogP contribution in [0, 0.1) is 5.82 Å². The largest absolute Gasteiger partial charge is 0.573 e. The van der Waals surface area contributed by atoms with Gasteiger partial charge in [-0.3, -0.25) is 13.9 Å². The number of aromatic nitrogens is 4. The van der Waals surface area contributed by atoms with Gasteiger partial charge in [0.1, 0.15) is 22.8 Å². The molecule has 0 atom stereocenters. The molecule has 8 rings (SSSR count). The first-order chi connectivity index (χ1) is 26.2. The molecule has 0 bridgehead atoms. The fraction of sp³-hybridized carbons (Fsp3) is 0.0465. The zero-order valence-electron chi connectivity index (χ0n) is 28.3. The molecule has 0 spiro atoms. The van der Waals surface area contributed by atoms with Crippen molar-refractivity contribution in [2.24, 2.45) is 0 Å². The maximum absolute atomic E-state index is 15.5. The van der Waals surface area contributed by atoms with E-state index in [1.165, 1.54) is 24.3 Å². The normalized spacial score (nSPS) is 11.8. The Morgan fingerprint density at radius 3 is 1.81 bits per heavy atom. The van der Waals surface area contributed by atoms with Gasteiger partial charge in [0.25, 0.3) is 5.91 Å². The van der Waals surface area contributed by atoms with Crippen LogP contribution in [0.1, 0.15) is 27.0 Å². The summed E-state index contributed by atoms with van der Waals surface area (Å²) >= 11 is 0. The van der Waals surface area contributed by atoms with Crippen LogP contribution in [0.2, 0.25) is 0 Å². The van der Waals surface area contributed by atoms with Crippen molar-refractivity contribution in [2.75, 3.05) is 5.32 Å². The van der Waals surface area contributed by atoms with Gasteiger partial charge in [0.2, 0.25) is 0 Å². The second kappa shape index (κ2) is 13.8. The lowest BCUT2D eigenvalue weighted by Gasteiger charge is -2.36. The molecule has 7 nitrogen and oxygen atoms in total. The smallest absolute Gasteiger partial charge is 0.406 e. The molecular weight excluding hydrogens is 694 g/mol. The maximum Gasteiger partial charge on any atom is 0.573 e. The molecule has 5 aromatic carbocycles. The number of imidazole rings is 1. The molecule has 0 saturated heterocycles. The highest BCUT2D eigenvalue weighted by Crippen LogP contribution is 2.41. The Hall–Kier alpha value is -7.01. The minimum atomic E-state index is -4.85. The van der Waals surface area contributed by atoms with Gasteiger partial charge in [-0.25, -0.2) is 9.37 Å². The monoisotopic (exact) mass is 723 g/mol. The minimum absolute atomic E-state index is 0.171. The van der Waals surface area contributed by atoms with Gasteiger partial charge in [-0.15, -0.1) is 13.2 Å². The van der Waals surface area contributed by atoms with E-state index in [-0.39, 0.29) is 11.3 Å². The number of pyridine rings is 1. The predicted octanol–water partition coefficient (Wildman–Crippen LogP) is 9.99. The number of benzene rings is 5. The number of alkyl halides is 3. The highest BCUT2D eigenvalue weighted by Gasteiger charge is 2.39. The lowest BCUT2D eigenvalue weighted by atomic mass is 9.77. The molecule has 1 amide bonds. The van der Waals surface area contributed by atoms with E-state index < -0.39 is 29.4 Å². The standard InChI is InChI=1S/C43H29F4N5O2/c44-38-24-29(16-22-37(38)41(53)50-35-18-20-36(21-19-35)54-43(45,46)47)39-26-48-40-23-17-30(27-51(39)40)31-25-49-52(28-31)42(32-10-4-1-5-11-32,33-12-6-2-7-13-33)34-14-8-3-9-15-34/h1-28H,(H,50,53). The van der Waals surface area contributed by atoms with E-state index in [0.29, 0.717) is 16.9 Å². The van der Waals surface area contributed by atoms with Gasteiger partial charge in [-0.1, -0.05) is 97.1 Å². The molecule has 0 unspecified atom stereocenters. The van der Waals surface area contributed by atoms with Crippen molar-refractivity contribution >= 4 is 17.2 Å². The van der Waals surface area contributed by atoms with Crippen LogP contribution >= 0.6 is 0 Å². The van der Waals surface area contributed by atoms with Gasteiger partial charge in [0.15, 0.2) is 0 Å². The molecular formula is C43H29F4N5O2. The molecule has 0 aliphatic heterocycles. The summed E-state index contributed by atoms with van der Waals surface area (Å²) in [7, 11) is 0. The number of carbonyl (C=O) groups is 1. The second-order valence-electron chi connectivity index (χ2n) is 12.5. The van der Waals surface area contributed by atoms with Gasteiger partial charge < -0.3 is 10.1 Å². The topological polar surface area (TPSA) is 73.4 Å². The number of carbonyl (C=O) groups excluding carboxylic acids is 1. The molecule has 54 heavy (non-hydrogen) atoms. The van der Waals surface area contributed by atoms with Crippen LogP contribution in [0.3, 0.4) is 0 Å². The lowest BCUT2D eigenvalue weighted by molar-refractivity contribution is -0.274. The summed E-state index contributed by atoms with van der Waals surface area (Å²) in [4.78, 5) is 17.4. The highest BCUT2D eigenvalue weighted by molar-refractivity contribution is 6.04. The van der Waals surface area contributed by atoms with Gasteiger partial charge >= 0.3 is 6.36 Å². The van der Waals surface area contributed by atoms with Gasteiger partial charge in [0.05, 0.1) is 23.7 Å². The fourth-order valence-electron chi connectivity index (χ4n) is 6.75. The molecule has 3 aromatic heterocycles. The van der Waals surface area contributed by atoms with Crippen molar-refractivity contribution in [1.29, 1.82) is 0 Å². The van der Waals surface area contributed by atoms with E-state index in [9.17, 15) is 18.0 Å². The van der Waals surface area contributed by atoms with Crippen molar-refractivity contribution in [3.63, 3.8) is 0 Å². The Balaban J connectivity index is 1.12. The summed E-state index contributed by atoms with van der Waals surface area (Å²) in [6, 6.07) is 43.4. The van der Waals surface area contributed by atoms with E-state index in [1.54, 1.807) is 12.3 Å². The van der Waals surface area contributed by atoms with E-state index in [1.807, 2.05) is 94.4 Å². The Labute approximate surface area is 306 Å². The first-order valence-electron chi connectivity index (χ1n) is 16.9. The number of hydrogen-bond acceptors (Lipinski definition) is 4. The fourth-order valence-corrected chi connectivity index (χ4v) is 6.75. The van der Waals surface area contributed by atoms with Crippen molar-refractivity contribution in [1.82, 2.24) is 19.2 Å². The van der Waals surface area contributed by atoms with Crippen LogP contribution < -0.4 is 10.1 Å². The van der Waals surface area contributed by atoms with E-state index in [0.717, 1.165) is 39.9 Å². The number of ether oxygens (including phenoxy) is 1. The Kier molecular flexibility index (Phi) is 8.74. The Bertz CT molecular complexity index is 2470. The number of amides is 1. The zero-order chi connectivity index (χ0) is 37.3. The van der Waals surface area contributed by atoms with Crippen LogP contribution in [-0.2, 0) is 5.54 Å². The number of fused-ring (bicyclic) bond motifs is 1. The van der Waals surface area contributed by atoms with Crippen LogP contribution in [0.5, 0.6) is 5.75 Å². The van der Waals surface area contributed by atoms with Gasteiger partial charge in [-0.2, -0.15) is 5.10 Å². The van der Waals surface area contributed by atoms with Crippen molar-refractivity contribution in [3.05, 3.63) is 198 Å². The quantitative estimate of drug-likeness (QED) is 0.119. The molecule has 0 aliphatic rings. The third-order valence-electron chi connectivity index (χ3n) is 9.20. The van der Waals surface area contributed by atoms with Crippen molar-refractivity contribution in [3.8, 4) is 28.1 Å². The van der Waals surface area contributed by atoms with Crippen LogP contribution in [-0.4, -0.2) is 31.4 Å². The number of halogens is 4. The molecule has 0 fully saturated rings. The Morgan fingerprint density at radius 2 is 1.24 bits per heavy atom. The molecule has 0 saturated carbocycles. The molecule has 11 heteroatoms. The average molecular weight is 724 g/mol.